The molecule has 3 aromatic heterocycles. The van der Waals surface area contributed by atoms with Crippen molar-refractivity contribution in [3.63, 3.8) is 0 Å². The molecule has 0 saturated heterocycles. The zero-order valence-electron chi connectivity index (χ0n) is 14.0. The van der Waals surface area contributed by atoms with Crippen LogP contribution in [0.15, 0.2) is 66.0 Å². The molecular weight excluding hydrogens is 310 g/mol. The van der Waals surface area contributed by atoms with Gasteiger partial charge in [0.15, 0.2) is 0 Å². The molecule has 0 aliphatic heterocycles. The summed E-state index contributed by atoms with van der Waals surface area (Å²) in [6.07, 6.45) is 7.38. The summed E-state index contributed by atoms with van der Waals surface area (Å²) in [4.78, 5) is 16.3. The third-order valence-corrected chi connectivity index (χ3v) is 4.28. The fraction of sp³-hybridized carbons (Fsp3) is 0.150. The van der Waals surface area contributed by atoms with E-state index in [9.17, 15) is 0 Å². The molecule has 1 aromatic carbocycles. The maximum absolute atomic E-state index is 4.46. The summed E-state index contributed by atoms with van der Waals surface area (Å²) >= 11 is 0. The van der Waals surface area contributed by atoms with Crippen LogP contribution in [0.5, 0.6) is 0 Å². The first kappa shape index (κ1) is 15.5. The highest BCUT2D eigenvalue weighted by molar-refractivity contribution is 5.86. The molecule has 5 nitrogen and oxygen atoms in total. The Bertz CT molecular complexity index is 1030. The fourth-order valence-corrected chi connectivity index (χ4v) is 2.85. The number of H-pyrrole nitrogens is 1. The molecule has 0 aliphatic rings. The van der Waals surface area contributed by atoms with Gasteiger partial charge in [0.2, 0.25) is 0 Å². The average Bonchev–Trinajstić information content (AvgIpc) is 3.12. The molecule has 0 saturated carbocycles. The Morgan fingerprint density at radius 3 is 3.08 bits per heavy atom. The van der Waals surface area contributed by atoms with Gasteiger partial charge < -0.3 is 4.98 Å². The molecule has 1 unspecified atom stereocenters. The van der Waals surface area contributed by atoms with Crippen molar-refractivity contribution in [3.8, 4) is 0 Å². The number of benzene rings is 1. The van der Waals surface area contributed by atoms with E-state index in [1.54, 1.807) is 0 Å². The van der Waals surface area contributed by atoms with Gasteiger partial charge in [0.05, 0.1) is 12.2 Å². The highest BCUT2D eigenvalue weighted by atomic mass is 15.0. The molecule has 0 aliphatic carbocycles. The summed E-state index contributed by atoms with van der Waals surface area (Å²) in [5.74, 6) is 0. The van der Waals surface area contributed by atoms with Crippen molar-refractivity contribution in [2.24, 2.45) is 4.99 Å². The van der Waals surface area contributed by atoms with Gasteiger partial charge in [-0.3, -0.25) is 15.3 Å². The summed E-state index contributed by atoms with van der Waals surface area (Å²) in [7, 11) is 0. The van der Waals surface area contributed by atoms with Gasteiger partial charge in [-0.1, -0.05) is 12.1 Å². The molecule has 2 N–H and O–H groups in total. The molecule has 0 radical (unpaired) electrons. The van der Waals surface area contributed by atoms with Crippen LogP contribution in [0.4, 0.5) is 0 Å². The Hall–Kier alpha value is -3.05. The van der Waals surface area contributed by atoms with E-state index in [-0.39, 0.29) is 6.04 Å². The van der Waals surface area contributed by atoms with E-state index < -0.39 is 0 Å². The lowest BCUT2D eigenvalue weighted by molar-refractivity contribution is 0.590. The second kappa shape index (κ2) is 6.83. The normalized spacial score (nSPS) is 13.0. The summed E-state index contributed by atoms with van der Waals surface area (Å²) in [6, 6.07) is 14.7. The molecule has 4 rings (SSSR count). The predicted octanol–water partition coefficient (Wildman–Crippen LogP) is 3.84. The summed E-state index contributed by atoms with van der Waals surface area (Å²) in [5, 5.41) is 5.67. The van der Waals surface area contributed by atoms with Crippen molar-refractivity contribution in [2.45, 2.75) is 13.0 Å². The fourth-order valence-electron chi connectivity index (χ4n) is 2.85. The van der Waals surface area contributed by atoms with Gasteiger partial charge >= 0.3 is 0 Å². The van der Waals surface area contributed by atoms with E-state index in [0.29, 0.717) is 6.67 Å². The smallest absolute Gasteiger partial charge is 0.137 e. The summed E-state index contributed by atoms with van der Waals surface area (Å²) in [6.45, 7) is 2.69. The second-order valence-electron chi connectivity index (χ2n) is 6.04. The van der Waals surface area contributed by atoms with Crippen LogP contribution in [0.3, 0.4) is 0 Å². The minimum Gasteiger partial charge on any atom is -0.346 e. The molecular formula is C20H19N5. The molecule has 25 heavy (non-hydrogen) atoms. The highest BCUT2D eigenvalue weighted by Gasteiger charge is 2.05. The van der Waals surface area contributed by atoms with Crippen molar-refractivity contribution in [2.75, 3.05) is 6.67 Å². The Morgan fingerprint density at radius 2 is 2.12 bits per heavy atom. The van der Waals surface area contributed by atoms with Crippen molar-refractivity contribution < 1.29 is 0 Å². The van der Waals surface area contributed by atoms with Crippen molar-refractivity contribution >= 4 is 28.2 Å². The molecule has 3 heterocycles. The molecule has 0 amide bonds. The number of nitrogens with one attached hydrogen (secondary N) is 2. The number of aliphatic imine (C=N–C) groups is 1. The maximum Gasteiger partial charge on any atom is 0.137 e. The van der Waals surface area contributed by atoms with Crippen molar-refractivity contribution in [1.29, 1.82) is 0 Å². The van der Waals surface area contributed by atoms with Gasteiger partial charge in [-0.2, -0.15) is 0 Å². The molecule has 0 spiro atoms. The van der Waals surface area contributed by atoms with Crippen molar-refractivity contribution in [3.05, 3.63) is 72.2 Å². The van der Waals surface area contributed by atoms with Gasteiger partial charge in [-0.25, -0.2) is 4.98 Å². The molecule has 124 valence electrons. The Morgan fingerprint density at radius 1 is 1.16 bits per heavy atom. The predicted molar refractivity (Wildman–Crippen MR) is 102 cm³/mol. The summed E-state index contributed by atoms with van der Waals surface area (Å²) in [5.41, 5.74) is 4.14. The number of hydrogen-bond acceptors (Lipinski definition) is 4. The largest absolute Gasteiger partial charge is 0.346 e. The maximum atomic E-state index is 4.46. The van der Waals surface area contributed by atoms with Crippen LogP contribution in [0.25, 0.3) is 21.9 Å². The van der Waals surface area contributed by atoms with Crippen LogP contribution < -0.4 is 5.32 Å². The van der Waals surface area contributed by atoms with Gasteiger partial charge in [0.25, 0.3) is 0 Å². The number of aromatic nitrogens is 3. The van der Waals surface area contributed by atoms with E-state index in [1.165, 1.54) is 5.56 Å². The van der Waals surface area contributed by atoms with Gasteiger partial charge in [-0.05, 0) is 42.8 Å². The molecule has 4 aromatic rings. The lowest BCUT2D eigenvalue weighted by Gasteiger charge is -2.13. The number of nitrogens with zero attached hydrogens (tertiary/aromatic N) is 3. The van der Waals surface area contributed by atoms with E-state index in [0.717, 1.165) is 27.5 Å². The Labute approximate surface area is 145 Å². The minimum atomic E-state index is 0.215. The van der Waals surface area contributed by atoms with E-state index in [4.69, 9.17) is 0 Å². The topological polar surface area (TPSA) is 66.0 Å². The van der Waals surface area contributed by atoms with Crippen molar-refractivity contribution in [1.82, 2.24) is 20.3 Å². The van der Waals surface area contributed by atoms with Gasteiger partial charge in [-0.15, -0.1) is 0 Å². The first-order valence-corrected chi connectivity index (χ1v) is 8.31. The quantitative estimate of drug-likeness (QED) is 0.547. The first-order chi connectivity index (χ1) is 12.3. The highest BCUT2D eigenvalue weighted by Crippen LogP contribution is 2.18. The molecule has 5 heteroatoms. The van der Waals surface area contributed by atoms with E-state index in [2.05, 4.69) is 62.5 Å². The Kier molecular flexibility index (Phi) is 4.23. The van der Waals surface area contributed by atoms with E-state index >= 15 is 0 Å². The number of pyridine rings is 2. The standard InChI is InChI=1S/C20H19N5/c1-14(16-4-5-19-17(10-16)3-2-7-22-19)25-13-21-11-15-9-18-6-8-23-20(18)24-12-15/h2-12,14,25H,13H2,1H3,(H,23,24)/b21-11+. The zero-order chi connectivity index (χ0) is 17.1. The minimum absolute atomic E-state index is 0.215. The average molecular weight is 329 g/mol. The number of fused-ring (bicyclic) bond motifs is 2. The number of aromatic amines is 1. The third kappa shape index (κ3) is 3.41. The first-order valence-electron chi connectivity index (χ1n) is 8.31. The van der Waals surface area contributed by atoms with Gasteiger partial charge in [0, 0.05) is 47.2 Å². The van der Waals surface area contributed by atoms with Crippen LogP contribution in [0.1, 0.15) is 24.1 Å². The Balaban J connectivity index is 1.39. The third-order valence-electron chi connectivity index (χ3n) is 4.28. The summed E-state index contributed by atoms with van der Waals surface area (Å²) < 4.78 is 0. The second-order valence-corrected chi connectivity index (χ2v) is 6.04. The van der Waals surface area contributed by atoms with E-state index in [1.807, 2.05) is 36.9 Å². The lowest BCUT2D eigenvalue weighted by Crippen LogP contribution is -2.18. The number of hydrogen-bond donors (Lipinski definition) is 2. The van der Waals surface area contributed by atoms with Crippen LogP contribution >= 0.6 is 0 Å². The van der Waals surface area contributed by atoms with Gasteiger partial charge in [0.1, 0.15) is 5.65 Å². The monoisotopic (exact) mass is 329 g/mol. The SMILES string of the molecule is CC(NC/N=C/c1cnc2[nH]ccc2c1)c1ccc2ncccc2c1. The van der Waals surface area contributed by atoms with Crippen LogP contribution in [0, 0.1) is 0 Å². The molecule has 0 bridgehead atoms. The van der Waals surface area contributed by atoms with Crippen LogP contribution in [-0.4, -0.2) is 27.8 Å². The van der Waals surface area contributed by atoms with Crippen LogP contribution in [-0.2, 0) is 0 Å². The van der Waals surface area contributed by atoms with Crippen LogP contribution in [0.2, 0.25) is 0 Å². The lowest BCUT2D eigenvalue weighted by atomic mass is 10.1. The molecule has 1 atom stereocenters. The molecule has 0 fully saturated rings. The number of rotatable bonds is 5. The zero-order valence-corrected chi connectivity index (χ0v) is 14.0.